The van der Waals surface area contributed by atoms with E-state index >= 15 is 0 Å². The van der Waals surface area contributed by atoms with Crippen molar-refractivity contribution in [2.45, 2.75) is 6.04 Å². The number of rotatable bonds is 1. The summed E-state index contributed by atoms with van der Waals surface area (Å²) in [4.78, 5) is 5.30. The third kappa shape index (κ3) is 2.57. The van der Waals surface area contributed by atoms with Crippen LogP contribution in [0.2, 0.25) is 0 Å². The second-order valence-corrected chi connectivity index (χ2v) is 11.9. The molecule has 5 aromatic carbocycles. The third-order valence-electron chi connectivity index (χ3n) is 8.71. The first kappa shape index (κ1) is 21.0. The summed E-state index contributed by atoms with van der Waals surface area (Å²) in [6.07, 6.45) is 8.52. The molecule has 0 saturated heterocycles. The summed E-state index contributed by atoms with van der Waals surface area (Å²) in [7, 11) is 0. The van der Waals surface area contributed by atoms with Gasteiger partial charge in [-0.25, -0.2) is 4.99 Å². The van der Waals surface area contributed by atoms with Gasteiger partial charge in [-0.2, -0.15) is 0 Å². The lowest BCUT2D eigenvalue weighted by Crippen LogP contribution is -2.30. The van der Waals surface area contributed by atoms with Gasteiger partial charge < -0.3 is 5.32 Å². The fraction of sp³-hybridized carbons (Fsp3) is 0.0278. The van der Waals surface area contributed by atoms with Crippen LogP contribution in [0.4, 0.5) is 11.5 Å². The summed E-state index contributed by atoms with van der Waals surface area (Å²) in [6.45, 7) is 0. The Morgan fingerprint density at radius 2 is 1.60 bits per heavy atom. The lowest BCUT2D eigenvalue weighted by atomic mass is 9.96. The van der Waals surface area contributed by atoms with E-state index in [0.29, 0.717) is 0 Å². The molecule has 1 aliphatic heterocycles. The Morgan fingerprint density at radius 3 is 2.58 bits per heavy atom. The van der Waals surface area contributed by atoms with Crippen molar-refractivity contribution >= 4 is 86.7 Å². The highest BCUT2D eigenvalue weighted by Gasteiger charge is 2.30. The van der Waals surface area contributed by atoms with E-state index in [1.54, 1.807) is 0 Å². The fourth-order valence-electron chi connectivity index (χ4n) is 6.99. The third-order valence-corrected chi connectivity index (χ3v) is 9.83. The van der Waals surface area contributed by atoms with Crippen LogP contribution >= 0.6 is 11.3 Å². The Hall–Kier alpha value is -4.93. The summed E-state index contributed by atoms with van der Waals surface area (Å²) in [5.41, 5.74) is 7.11. The summed E-state index contributed by atoms with van der Waals surface area (Å²) in [6, 6.07) is 33.5. The van der Waals surface area contributed by atoms with Crippen molar-refractivity contribution in [3.8, 4) is 11.1 Å². The van der Waals surface area contributed by atoms with Gasteiger partial charge in [0.05, 0.1) is 22.8 Å². The molecule has 2 aliphatic rings. The minimum Gasteiger partial charge on any atom is -0.357 e. The van der Waals surface area contributed by atoms with Crippen molar-refractivity contribution in [2.24, 2.45) is 4.99 Å². The van der Waals surface area contributed by atoms with E-state index in [-0.39, 0.29) is 6.04 Å². The Balaban J connectivity index is 1.38. The standard InChI is InChI=1S/C36H21N3S/c1-2-10-22-20(8-1)9-7-12-23(22)21-16-17-29-25(18-21)26-19-31-32(24-11-3-6-15-30(24)40-31)33-34-36(39(29)35(26)33)38-28-14-5-4-13-27(28)37-34/h1-19,28,38H. The Labute approximate surface area is 233 Å². The highest BCUT2D eigenvalue weighted by atomic mass is 32.1. The lowest BCUT2D eigenvalue weighted by molar-refractivity contribution is 1.09. The molecule has 1 atom stereocenters. The minimum atomic E-state index is 0.0789. The molecule has 1 aliphatic carbocycles. The highest BCUT2D eigenvalue weighted by molar-refractivity contribution is 7.26. The summed E-state index contributed by atoms with van der Waals surface area (Å²) in [5.74, 6) is 1.09. The summed E-state index contributed by atoms with van der Waals surface area (Å²) < 4.78 is 5.06. The number of thiophene rings is 1. The molecular formula is C36H21N3S. The van der Waals surface area contributed by atoms with E-state index in [0.717, 1.165) is 17.2 Å². The van der Waals surface area contributed by atoms with Crippen LogP contribution in [0.3, 0.4) is 0 Å². The largest absolute Gasteiger partial charge is 0.357 e. The van der Waals surface area contributed by atoms with E-state index in [1.807, 2.05) is 11.3 Å². The van der Waals surface area contributed by atoms with Crippen molar-refractivity contribution in [2.75, 3.05) is 5.32 Å². The van der Waals surface area contributed by atoms with Crippen LogP contribution in [-0.2, 0) is 0 Å². The number of aliphatic imine (C=N–C) groups is 1. The zero-order valence-corrected chi connectivity index (χ0v) is 22.2. The second kappa shape index (κ2) is 7.38. The molecule has 4 heteroatoms. The Bertz CT molecular complexity index is 2460. The van der Waals surface area contributed by atoms with Gasteiger partial charge in [-0.15, -0.1) is 11.3 Å². The number of nitrogens with one attached hydrogen (secondary N) is 1. The Morgan fingerprint density at radius 1 is 0.725 bits per heavy atom. The van der Waals surface area contributed by atoms with Gasteiger partial charge in [0, 0.05) is 36.3 Å². The zero-order chi connectivity index (χ0) is 25.9. The van der Waals surface area contributed by atoms with Gasteiger partial charge in [-0.3, -0.25) is 4.40 Å². The number of hydrogen-bond acceptors (Lipinski definition) is 3. The summed E-state index contributed by atoms with van der Waals surface area (Å²) >= 11 is 1.88. The normalized spacial score (nSPS) is 16.4. The van der Waals surface area contributed by atoms with Crippen LogP contribution in [0.1, 0.15) is 0 Å². The van der Waals surface area contributed by atoms with Crippen molar-refractivity contribution in [3.05, 3.63) is 115 Å². The highest BCUT2D eigenvalue weighted by Crippen LogP contribution is 2.52. The molecule has 8 aromatic rings. The molecular weight excluding hydrogens is 506 g/mol. The molecule has 1 N–H and O–H groups in total. The average molecular weight is 528 g/mol. The Kier molecular flexibility index (Phi) is 3.87. The molecule has 186 valence electrons. The van der Waals surface area contributed by atoms with Crippen LogP contribution in [-0.4, -0.2) is 16.2 Å². The molecule has 0 amide bonds. The maximum atomic E-state index is 5.30. The van der Waals surface area contributed by atoms with Crippen LogP contribution < -0.4 is 5.32 Å². The first-order chi connectivity index (χ1) is 19.8. The quantitative estimate of drug-likeness (QED) is 0.226. The topological polar surface area (TPSA) is 28.8 Å². The van der Waals surface area contributed by atoms with Crippen LogP contribution in [0, 0.1) is 0 Å². The van der Waals surface area contributed by atoms with Gasteiger partial charge in [0.1, 0.15) is 11.5 Å². The number of hydrogen-bond donors (Lipinski definition) is 1. The molecule has 3 aromatic heterocycles. The average Bonchev–Trinajstić information content (AvgIpc) is 3.65. The van der Waals surface area contributed by atoms with Crippen molar-refractivity contribution < 1.29 is 0 Å². The molecule has 0 fully saturated rings. The molecule has 4 heterocycles. The van der Waals surface area contributed by atoms with E-state index < -0.39 is 0 Å². The first-order valence-electron chi connectivity index (χ1n) is 13.7. The molecule has 0 radical (unpaired) electrons. The molecule has 0 spiro atoms. The predicted molar refractivity (Wildman–Crippen MR) is 172 cm³/mol. The maximum Gasteiger partial charge on any atom is 0.139 e. The molecule has 3 nitrogen and oxygen atoms in total. The monoisotopic (exact) mass is 527 g/mol. The first-order valence-corrected chi connectivity index (χ1v) is 14.5. The molecule has 0 saturated carbocycles. The molecule has 40 heavy (non-hydrogen) atoms. The number of aromatic nitrogens is 1. The van der Waals surface area contributed by atoms with E-state index in [9.17, 15) is 0 Å². The van der Waals surface area contributed by atoms with Gasteiger partial charge >= 0.3 is 0 Å². The van der Waals surface area contributed by atoms with Crippen molar-refractivity contribution in [1.82, 2.24) is 4.40 Å². The predicted octanol–water partition coefficient (Wildman–Crippen LogP) is 9.86. The second-order valence-electron chi connectivity index (χ2n) is 10.8. The number of nitrogens with zero attached hydrogens (tertiary/aromatic N) is 2. The van der Waals surface area contributed by atoms with E-state index in [2.05, 4.69) is 125 Å². The zero-order valence-electron chi connectivity index (χ0n) is 21.3. The maximum absolute atomic E-state index is 5.30. The minimum absolute atomic E-state index is 0.0789. The lowest BCUT2D eigenvalue weighted by Gasteiger charge is -2.23. The van der Waals surface area contributed by atoms with Gasteiger partial charge in [0.2, 0.25) is 0 Å². The smallest absolute Gasteiger partial charge is 0.139 e. The van der Waals surface area contributed by atoms with Gasteiger partial charge in [-0.1, -0.05) is 85.0 Å². The SMILES string of the molecule is C1=CC2=Nc3c(n4c5ccc(-c6cccc7ccccc67)cc5c5cc6sc7ccccc7c6c3c54)NC2C=C1. The van der Waals surface area contributed by atoms with Crippen molar-refractivity contribution in [3.63, 3.8) is 0 Å². The van der Waals surface area contributed by atoms with Crippen LogP contribution in [0.5, 0.6) is 0 Å². The van der Waals surface area contributed by atoms with E-state index in [4.69, 9.17) is 4.99 Å². The molecule has 1 unspecified atom stereocenters. The fourth-order valence-corrected chi connectivity index (χ4v) is 8.15. The van der Waals surface area contributed by atoms with Crippen LogP contribution in [0.15, 0.2) is 120 Å². The van der Waals surface area contributed by atoms with Gasteiger partial charge in [-0.05, 0) is 52.2 Å². The molecule has 10 rings (SSSR count). The number of benzene rings is 5. The van der Waals surface area contributed by atoms with Gasteiger partial charge in [0.15, 0.2) is 0 Å². The van der Waals surface area contributed by atoms with Gasteiger partial charge in [0.25, 0.3) is 0 Å². The van der Waals surface area contributed by atoms with E-state index in [1.165, 1.54) is 69.3 Å². The van der Waals surface area contributed by atoms with Crippen LogP contribution in [0.25, 0.3) is 69.3 Å². The number of allylic oxidation sites excluding steroid dienone is 2. The van der Waals surface area contributed by atoms with Crippen molar-refractivity contribution in [1.29, 1.82) is 0 Å². The number of anilines is 1. The summed E-state index contributed by atoms with van der Waals surface area (Å²) in [5, 5.41) is 12.9. The number of fused-ring (bicyclic) bond motifs is 12. The molecule has 0 bridgehead atoms.